The molecule has 5 nitrogen and oxygen atoms in total. The summed E-state index contributed by atoms with van der Waals surface area (Å²) >= 11 is 0. The van der Waals surface area contributed by atoms with Crippen LogP contribution in [0.3, 0.4) is 0 Å². The van der Waals surface area contributed by atoms with Crippen molar-refractivity contribution < 1.29 is 23.6 Å². The van der Waals surface area contributed by atoms with Gasteiger partial charge in [0.1, 0.15) is 0 Å². The minimum absolute atomic E-state index is 0.184. The van der Waals surface area contributed by atoms with Crippen molar-refractivity contribution in [1.82, 2.24) is 0 Å². The minimum Gasteiger partial charge on any atom is -0.394 e. The normalized spacial score (nSPS) is 13.6. The lowest BCUT2D eigenvalue weighted by molar-refractivity contribution is -0.890. The monoisotopic (exact) mass is 476 g/mol. The molecule has 0 aliphatic heterocycles. The third-order valence-electron chi connectivity index (χ3n) is 6.53. The van der Waals surface area contributed by atoms with Crippen molar-refractivity contribution in [3.8, 4) is 0 Å². The number of rotatable bonds is 24. The molecule has 1 atom stereocenters. The van der Waals surface area contributed by atoms with E-state index < -0.39 is 14.9 Å². The Labute approximate surface area is 201 Å². The van der Waals surface area contributed by atoms with Gasteiger partial charge in [0.2, 0.25) is 0 Å². The first kappa shape index (κ1) is 32.0. The number of nitrogens with zero attached hydrogens (tertiary/aromatic N) is 1. The highest BCUT2D eigenvalue weighted by Crippen LogP contribution is 2.16. The SMILES string of the molecule is CCCCCCCCCCCCCCCCCC[N+](C)(C)CCC[Si](O)(O)OC(C)CO. The van der Waals surface area contributed by atoms with E-state index in [0.717, 1.165) is 24.0 Å². The topological polar surface area (TPSA) is 69.9 Å². The number of hydrogen-bond acceptors (Lipinski definition) is 4. The van der Waals surface area contributed by atoms with Crippen LogP contribution in [-0.4, -0.2) is 67.9 Å². The molecule has 194 valence electrons. The fourth-order valence-corrected chi connectivity index (χ4v) is 5.81. The molecule has 0 aliphatic rings. The molecule has 0 aromatic heterocycles. The Morgan fingerprint density at radius 3 is 1.44 bits per heavy atom. The highest BCUT2D eigenvalue weighted by atomic mass is 28.4. The summed E-state index contributed by atoms with van der Waals surface area (Å²) in [5.41, 5.74) is 0. The van der Waals surface area contributed by atoms with Crippen molar-refractivity contribution in [2.24, 2.45) is 0 Å². The van der Waals surface area contributed by atoms with E-state index in [0.29, 0.717) is 6.04 Å². The molecule has 0 aromatic rings. The molecule has 0 fully saturated rings. The molecule has 1 unspecified atom stereocenters. The summed E-state index contributed by atoms with van der Waals surface area (Å²) < 4.78 is 6.10. The summed E-state index contributed by atoms with van der Waals surface area (Å²) in [6, 6.07) is 0.304. The second kappa shape index (κ2) is 20.4. The van der Waals surface area contributed by atoms with E-state index >= 15 is 0 Å². The summed E-state index contributed by atoms with van der Waals surface area (Å²) in [5.74, 6) is 0. The fourth-order valence-electron chi connectivity index (χ4n) is 4.36. The molecule has 0 aliphatic carbocycles. The lowest BCUT2D eigenvalue weighted by Crippen LogP contribution is -2.45. The summed E-state index contributed by atoms with van der Waals surface area (Å²) in [6.07, 6.45) is 22.5. The Bertz CT molecular complexity index is 407. The van der Waals surface area contributed by atoms with Gasteiger partial charge in [-0.25, -0.2) is 0 Å². The van der Waals surface area contributed by atoms with Crippen molar-refractivity contribution >= 4 is 8.80 Å². The zero-order valence-corrected chi connectivity index (χ0v) is 23.1. The number of unbranched alkanes of at least 4 members (excludes halogenated alkanes) is 15. The molecule has 32 heavy (non-hydrogen) atoms. The molecule has 0 spiro atoms. The van der Waals surface area contributed by atoms with Gasteiger partial charge >= 0.3 is 8.80 Å². The van der Waals surface area contributed by atoms with Gasteiger partial charge < -0.3 is 23.6 Å². The van der Waals surface area contributed by atoms with Crippen molar-refractivity contribution in [2.45, 2.75) is 135 Å². The van der Waals surface area contributed by atoms with E-state index in [4.69, 9.17) is 9.53 Å². The molecule has 0 radical (unpaired) electrons. The van der Waals surface area contributed by atoms with E-state index in [1.165, 1.54) is 103 Å². The van der Waals surface area contributed by atoms with E-state index in [9.17, 15) is 9.59 Å². The average Bonchev–Trinajstić information content (AvgIpc) is 2.72. The maximum absolute atomic E-state index is 9.99. The van der Waals surface area contributed by atoms with Crippen molar-refractivity contribution in [3.05, 3.63) is 0 Å². The van der Waals surface area contributed by atoms with Crippen LogP contribution in [0.1, 0.15) is 123 Å². The summed E-state index contributed by atoms with van der Waals surface area (Å²) in [4.78, 5) is 20.0. The largest absolute Gasteiger partial charge is 0.496 e. The molecular formula is C26H58NO4Si+. The Kier molecular flexibility index (Phi) is 20.4. The molecule has 0 bridgehead atoms. The molecule has 0 rings (SSSR count). The molecular weight excluding hydrogens is 418 g/mol. The minimum atomic E-state index is -3.63. The molecule has 0 saturated carbocycles. The van der Waals surface area contributed by atoms with Gasteiger partial charge in [-0.15, -0.1) is 0 Å². The zero-order chi connectivity index (χ0) is 24.1. The van der Waals surface area contributed by atoms with Gasteiger partial charge in [-0.1, -0.05) is 96.8 Å². The Balaban J connectivity index is 3.48. The van der Waals surface area contributed by atoms with Crippen LogP contribution in [0.15, 0.2) is 0 Å². The van der Waals surface area contributed by atoms with Crippen LogP contribution in [0, 0.1) is 0 Å². The molecule has 0 heterocycles. The van der Waals surface area contributed by atoms with Gasteiger partial charge in [0.15, 0.2) is 0 Å². The summed E-state index contributed by atoms with van der Waals surface area (Å²) in [5, 5.41) is 8.99. The van der Waals surface area contributed by atoms with E-state index in [1.807, 2.05) is 0 Å². The standard InChI is InChI=1S/C26H58NO4Si/c1-5-6-7-8-9-10-11-12-13-14-15-16-17-18-19-20-22-27(3,4)23-21-24-32(29,30)31-26(2)25-28/h26,28-30H,5-25H2,1-4H3/q+1. The highest BCUT2D eigenvalue weighted by molar-refractivity contribution is 6.57. The lowest BCUT2D eigenvalue weighted by Gasteiger charge is -2.31. The second-order valence-electron chi connectivity index (χ2n) is 10.6. The Hall–Kier alpha value is 0.0169. The summed E-state index contributed by atoms with van der Waals surface area (Å²) in [6.45, 7) is 5.82. The molecule has 0 aromatic carbocycles. The second-order valence-corrected chi connectivity index (χ2v) is 12.9. The fraction of sp³-hybridized carbons (Fsp3) is 1.00. The van der Waals surface area contributed by atoms with Crippen LogP contribution in [0.4, 0.5) is 0 Å². The van der Waals surface area contributed by atoms with Gasteiger partial charge in [-0.2, -0.15) is 0 Å². The third-order valence-corrected chi connectivity index (χ3v) is 8.31. The predicted molar refractivity (Wildman–Crippen MR) is 139 cm³/mol. The zero-order valence-electron chi connectivity index (χ0n) is 22.1. The van der Waals surface area contributed by atoms with Crippen molar-refractivity contribution in [2.75, 3.05) is 33.8 Å². The van der Waals surface area contributed by atoms with Crippen LogP contribution in [0.5, 0.6) is 0 Å². The first-order valence-electron chi connectivity index (χ1n) is 13.8. The smallest absolute Gasteiger partial charge is 0.394 e. The van der Waals surface area contributed by atoms with Gasteiger partial charge in [0, 0.05) is 12.5 Å². The summed E-state index contributed by atoms with van der Waals surface area (Å²) in [7, 11) is 0.812. The number of hydrogen-bond donors (Lipinski definition) is 3. The van der Waals surface area contributed by atoms with Crippen LogP contribution in [0.2, 0.25) is 6.04 Å². The predicted octanol–water partition coefficient (Wildman–Crippen LogP) is 6.04. The molecule has 3 N–H and O–H groups in total. The first-order valence-corrected chi connectivity index (χ1v) is 15.8. The number of aliphatic hydroxyl groups is 1. The van der Waals surface area contributed by atoms with Crippen LogP contribution in [0.25, 0.3) is 0 Å². The van der Waals surface area contributed by atoms with Gasteiger partial charge in [-0.05, 0) is 19.8 Å². The maximum atomic E-state index is 9.99. The average molecular weight is 477 g/mol. The number of quaternary nitrogens is 1. The van der Waals surface area contributed by atoms with Crippen LogP contribution < -0.4 is 0 Å². The van der Waals surface area contributed by atoms with E-state index in [2.05, 4.69) is 21.0 Å². The Morgan fingerprint density at radius 1 is 0.656 bits per heavy atom. The molecule has 0 amide bonds. The molecule has 6 heteroatoms. The van der Waals surface area contributed by atoms with Crippen molar-refractivity contribution in [1.29, 1.82) is 0 Å². The van der Waals surface area contributed by atoms with Crippen molar-refractivity contribution in [3.63, 3.8) is 0 Å². The quantitative estimate of drug-likeness (QED) is 0.0903. The molecule has 0 saturated heterocycles. The van der Waals surface area contributed by atoms with Crippen LogP contribution in [-0.2, 0) is 4.43 Å². The first-order chi connectivity index (χ1) is 15.2. The third kappa shape index (κ3) is 21.8. The maximum Gasteiger partial charge on any atom is 0.496 e. The van der Waals surface area contributed by atoms with Gasteiger partial charge in [-0.3, -0.25) is 0 Å². The van der Waals surface area contributed by atoms with E-state index in [1.54, 1.807) is 6.92 Å². The van der Waals surface area contributed by atoms with Gasteiger partial charge in [0.05, 0.1) is 39.9 Å². The van der Waals surface area contributed by atoms with Crippen LogP contribution >= 0.6 is 0 Å². The number of aliphatic hydroxyl groups excluding tert-OH is 1. The Morgan fingerprint density at radius 2 is 1.03 bits per heavy atom. The van der Waals surface area contributed by atoms with E-state index in [-0.39, 0.29) is 6.61 Å². The van der Waals surface area contributed by atoms with Gasteiger partial charge in [0.25, 0.3) is 0 Å². The highest BCUT2D eigenvalue weighted by Gasteiger charge is 2.34. The lowest BCUT2D eigenvalue weighted by atomic mass is 10.0.